The molecule has 0 aromatic carbocycles. The minimum absolute atomic E-state index is 0.121. The van der Waals surface area contributed by atoms with Gasteiger partial charge in [-0.15, -0.1) is 10.2 Å². The van der Waals surface area contributed by atoms with Gasteiger partial charge in [-0.25, -0.2) is 4.79 Å². The van der Waals surface area contributed by atoms with E-state index in [0.717, 1.165) is 32.2 Å². The van der Waals surface area contributed by atoms with Crippen LogP contribution in [0, 0.1) is 0 Å². The molecule has 1 aromatic heterocycles. The number of likely N-dealkylation sites (tertiary alicyclic amines) is 1. The summed E-state index contributed by atoms with van der Waals surface area (Å²) in [6.07, 6.45) is 3.54. The number of carbonyl (C=O) groups excluding carboxylic acids is 1. The van der Waals surface area contributed by atoms with Gasteiger partial charge >= 0.3 is 6.03 Å². The summed E-state index contributed by atoms with van der Waals surface area (Å²) in [4.78, 5) is 14.0. The molecular weight excluding hydrogens is 252 g/mol. The van der Waals surface area contributed by atoms with Crippen molar-refractivity contribution in [3.63, 3.8) is 0 Å². The van der Waals surface area contributed by atoms with Crippen molar-refractivity contribution < 1.29 is 9.90 Å². The maximum atomic E-state index is 12.2. The molecule has 1 saturated heterocycles. The molecule has 1 unspecified atom stereocenters. The van der Waals surface area contributed by atoms with Gasteiger partial charge in [0, 0.05) is 18.7 Å². The third kappa shape index (κ3) is 2.78. The van der Waals surface area contributed by atoms with Crippen LogP contribution in [0.4, 0.5) is 9.93 Å². The van der Waals surface area contributed by atoms with Crippen molar-refractivity contribution in [3.8, 4) is 0 Å². The van der Waals surface area contributed by atoms with Crippen LogP contribution in [0.5, 0.6) is 0 Å². The van der Waals surface area contributed by atoms with Gasteiger partial charge in [-0.1, -0.05) is 11.3 Å². The molecule has 18 heavy (non-hydrogen) atoms. The van der Waals surface area contributed by atoms with Gasteiger partial charge in [0.2, 0.25) is 5.13 Å². The average Bonchev–Trinajstić information content (AvgIpc) is 2.96. The molecule has 1 aliphatic heterocycles. The molecule has 2 amide bonds. The van der Waals surface area contributed by atoms with E-state index in [1.165, 1.54) is 11.3 Å². The minimum atomic E-state index is -0.155. The fraction of sp³-hybridized carbons (Fsp3) is 0.727. The Morgan fingerprint density at radius 2 is 2.56 bits per heavy atom. The number of carbonyl (C=O) groups is 1. The van der Waals surface area contributed by atoms with Crippen LogP contribution in [0.25, 0.3) is 0 Å². The first-order chi connectivity index (χ1) is 8.65. The van der Waals surface area contributed by atoms with Crippen molar-refractivity contribution in [1.29, 1.82) is 0 Å². The number of aliphatic hydroxyl groups excluding tert-OH is 1. The van der Waals surface area contributed by atoms with E-state index in [-0.39, 0.29) is 18.2 Å². The second-order valence-corrected chi connectivity index (χ2v) is 5.59. The highest BCUT2D eigenvalue weighted by Crippen LogP contribution is 2.33. The lowest BCUT2D eigenvalue weighted by molar-refractivity contribution is 0.151. The van der Waals surface area contributed by atoms with Crippen molar-refractivity contribution >= 4 is 22.5 Å². The number of nitrogens with one attached hydrogen (secondary N) is 1. The molecule has 0 bridgehead atoms. The number of urea groups is 1. The molecule has 0 aliphatic carbocycles. The fourth-order valence-corrected chi connectivity index (χ4v) is 2.91. The topological polar surface area (TPSA) is 78.4 Å². The third-order valence-electron chi connectivity index (χ3n) is 3.44. The molecule has 2 rings (SSSR count). The highest BCUT2D eigenvalue weighted by Gasteiger charge is 2.39. The Morgan fingerprint density at radius 1 is 1.72 bits per heavy atom. The van der Waals surface area contributed by atoms with Gasteiger partial charge in [-0.3, -0.25) is 5.32 Å². The van der Waals surface area contributed by atoms with Gasteiger partial charge in [-0.05, 0) is 32.6 Å². The van der Waals surface area contributed by atoms with Crippen molar-refractivity contribution in [3.05, 3.63) is 5.51 Å². The predicted octanol–water partition coefficient (Wildman–Crippen LogP) is 1.70. The minimum Gasteiger partial charge on any atom is -0.396 e. The van der Waals surface area contributed by atoms with Crippen LogP contribution in [0.2, 0.25) is 0 Å². The standard InChI is InChI=1S/C11H18N4O2S/c1-11(5-3-7-16)4-2-6-15(11)10(17)13-9-14-12-8-18-9/h8,16H,2-7H2,1H3,(H,13,14,17). The first kappa shape index (κ1) is 13.2. The van der Waals surface area contributed by atoms with Crippen LogP contribution in [0.1, 0.15) is 32.6 Å². The van der Waals surface area contributed by atoms with Crippen molar-refractivity contribution in [2.24, 2.45) is 0 Å². The molecule has 1 aliphatic rings. The number of aliphatic hydroxyl groups is 1. The zero-order chi connectivity index (χ0) is 13.0. The largest absolute Gasteiger partial charge is 0.396 e. The Hall–Kier alpha value is -1.21. The number of aromatic nitrogens is 2. The highest BCUT2D eigenvalue weighted by atomic mass is 32.1. The van der Waals surface area contributed by atoms with Gasteiger partial charge in [0.25, 0.3) is 0 Å². The second-order valence-electron chi connectivity index (χ2n) is 4.75. The van der Waals surface area contributed by atoms with Gasteiger partial charge in [0.1, 0.15) is 5.51 Å². The molecule has 0 spiro atoms. The Labute approximate surface area is 110 Å². The lowest BCUT2D eigenvalue weighted by Gasteiger charge is -2.35. The summed E-state index contributed by atoms with van der Waals surface area (Å²) in [7, 11) is 0. The van der Waals surface area contributed by atoms with Gasteiger partial charge in [0.05, 0.1) is 0 Å². The van der Waals surface area contributed by atoms with Crippen LogP contribution in [-0.2, 0) is 0 Å². The zero-order valence-corrected chi connectivity index (χ0v) is 11.2. The Morgan fingerprint density at radius 3 is 3.22 bits per heavy atom. The summed E-state index contributed by atoms with van der Waals surface area (Å²) in [6, 6.07) is -0.121. The van der Waals surface area contributed by atoms with E-state index >= 15 is 0 Å². The van der Waals surface area contributed by atoms with E-state index < -0.39 is 0 Å². The fourth-order valence-electron chi connectivity index (χ4n) is 2.48. The molecule has 0 saturated carbocycles. The first-order valence-electron chi connectivity index (χ1n) is 6.11. The maximum absolute atomic E-state index is 12.2. The molecule has 7 heteroatoms. The van der Waals surface area contributed by atoms with E-state index in [2.05, 4.69) is 22.4 Å². The number of hydrogen-bond acceptors (Lipinski definition) is 5. The van der Waals surface area contributed by atoms with E-state index in [0.29, 0.717) is 5.13 Å². The summed E-state index contributed by atoms with van der Waals surface area (Å²) in [6.45, 7) is 3.00. The normalized spacial score (nSPS) is 23.3. The van der Waals surface area contributed by atoms with Crippen LogP contribution < -0.4 is 5.32 Å². The zero-order valence-electron chi connectivity index (χ0n) is 10.4. The molecule has 1 fully saturated rings. The number of hydrogen-bond donors (Lipinski definition) is 2. The Kier molecular flexibility index (Phi) is 4.13. The monoisotopic (exact) mass is 270 g/mol. The second kappa shape index (κ2) is 5.62. The van der Waals surface area contributed by atoms with E-state index in [1.54, 1.807) is 5.51 Å². The summed E-state index contributed by atoms with van der Waals surface area (Å²) in [5.41, 5.74) is 1.43. The molecule has 1 aromatic rings. The summed E-state index contributed by atoms with van der Waals surface area (Å²) in [5, 5.41) is 19.7. The molecule has 1 atom stereocenters. The van der Waals surface area contributed by atoms with Crippen LogP contribution in [0.15, 0.2) is 5.51 Å². The quantitative estimate of drug-likeness (QED) is 0.872. The molecule has 100 valence electrons. The molecular formula is C11H18N4O2S. The predicted molar refractivity (Wildman–Crippen MR) is 69.6 cm³/mol. The maximum Gasteiger partial charge on any atom is 0.324 e. The molecule has 6 nitrogen and oxygen atoms in total. The SMILES string of the molecule is CC1(CCCO)CCCN1C(=O)Nc1nncs1. The smallest absolute Gasteiger partial charge is 0.324 e. The van der Waals surface area contributed by atoms with E-state index in [9.17, 15) is 4.79 Å². The summed E-state index contributed by atoms with van der Waals surface area (Å²) in [5.74, 6) is 0. The number of anilines is 1. The molecule has 2 heterocycles. The Bertz CT molecular complexity index is 398. The van der Waals surface area contributed by atoms with Gasteiger partial charge in [0.15, 0.2) is 0 Å². The number of amides is 2. The highest BCUT2D eigenvalue weighted by molar-refractivity contribution is 7.13. The van der Waals surface area contributed by atoms with Crippen LogP contribution in [0.3, 0.4) is 0 Å². The van der Waals surface area contributed by atoms with Crippen molar-refractivity contribution in [2.45, 2.75) is 38.1 Å². The number of rotatable bonds is 4. The average molecular weight is 270 g/mol. The van der Waals surface area contributed by atoms with Crippen LogP contribution in [-0.4, -0.2) is 44.9 Å². The van der Waals surface area contributed by atoms with Crippen molar-refractivity contribution in [2.75, 3.05) is 18.5 Å². The summed E-state index contributed by atoms with van der Waals surface area (Å²) < 4.78 is 0. The van der Waals surface area contributed by atoms with E-state index in [1.807, 2.05) is 4.90 Å². The third-order valence-corrected chi connectivity index (χ3v) is 4.05. The van der Waals surface area contributed by atoms with Crippen LogP contribution >= 0.6 is 11.3 Å². The van der Waals surface area contributed by atoms with E-state index in [4.69, 9.17) is 5.11 Å². The Balaban J connectivity index is 1.99. The lowest BCUT2D eigenvalue weighted by Crippen LogP contribution is -2.47. The first-order valence-corrected chi connectivity index (χ1v) is 6.99. The van der Waals surface area contributed by atoms with Gasteiger partial charge < -0.3 is 10.0 Å². The summed E-state index contributed by atoms with van der Waals surface area (Å²) >= 11 is 1.31. The van der Waals surface area contributed by atoms with Gasteiger partial charge in [-0.2, -0.15) is 0 Å². The lowest BCUT2D eigenvalue weighted by atomic mass is 9.93. The molecule has 0 radical (unpaired) electrons. The number of nitrogens with zero attached hydrogens (tertiary/aromatic N) is 3. The molecule has 2 N–H and O–H groups in total. The van der Waals surface area contributed by atoms with Crippen molar-refractivity contribution in [1.82, 2.24) is 15.1 Å².